The van der Waals surface area contributed by atoms with Crippen LogP contribution in [0.4, 0.5) is 0 Å². The molecule has 0 atom stereocenters. The van der Waals surface area contributed by atoms with E-state index in [0.717, 1.165) is 6.42 Å². The number of unbranched alkanes of at least 4 members (excludes halogenated alkanes) is 1. The van der Waals surface area contributed by atoms with Gasteiger partial charge in [0.05, 0.1) is 0 Å². The monoisotopic (exact) mass is 396 g/mol. The van der Waals surface area contributed by atoms with E-state index in [1.165, 1.54) is 39.6 Å². The van der Waals surface area contributed by atoms with Crippen molar-refractivity contribution in [1.82, 2.24) is 0 Å². The van der Waals surface area contributed by atoms with Crippen LogP contribution in [0.1, 0.15) is 25.3 Å². The fourth-order valence-electron chi connectivity index (χ4n) is 4.50. The first-order valence-electron chi connectivity index (χ1n) is 10.6. The standard InChI is InChI=1S/C28H29P/c1-2-3-15-24-16-13-14-23-28(24)29(25-17-7-4-8-18-25,26-19-9-5-10-20-26)27-21-11-6-12-22-27/h4-14,16-23,29H,2-3,15H2,1H3. The Morgan fingerprint density at radius 2 is 0.931 bits per heavy atom. The Labute approximate surface area is 175 Å². The molecule has 4 aromatic carbocycles. The van der Waals surface area contributed by atoms with Gasteiger partial charge in [0.25, 0.3) is 0 Å². The molecule has 4 rings (SSSR count). The molecule has 29 heavy (non-hydrogen) atoms. The van der Waals surface area contributed by atoms with Gasteiger partial charge in [-0.1, -0.05) is 0 Å². The van der Waals surface area contributed by atoms with Gasteiger partial charge in [-0.15, -0.1) is 0 Å². The van der Waals surface area contributed by atoms with Crippen molar-refractivity contribution in [3.8, 4) is 0 Å². The molecule has 0 amide bonds. The van der Waals surface area contributed by atoms with E-state index >= 15 is 0 Å². The van der Waals surface area contributed by atoms with Crippen molar-refractivity contribution in [3.63, 3.8) is 0 Å². The maximum atomic E-state index is 2.39. The van der Waals surface area contributed by atoms with Crippen molar-refractivity contribution in [3.05, 3.63) is 121 Å². The number of aryl methyl sites for hydroxylation is 1. The quantitative estimate of drug-likeness (QED) is 0.368. The van der Waals surface area contributed by atoms with Crippen molar-refractivity contribution < 1.29 is 0 Å². The van der Waals surface area contributed by atoms with Gasteiger partial charge < -0.3 is 0 Å². The summed E-state index contributed by atoms with van der Waals surface area (Å²) in [5.41, 5.74) is 1.50. The van der Waals surface area contributed by atoms with Crippen molar-refractivity contribution in [2.24, 2.45) is 0 Å². The van der Waals surface area contributed by atoms with Crippen LogP contribution in [0.2, 0.25) is 0 Å². The average Bonchev–Trinajstić information content (AvgIpc) is 2.81. The zero-order chi connectivity index (χ0) is 19.9. The molecule has 1 heteroatoms. The van der Waals surface area contributed by atoms with Gasteiger partial charge in [0.2, 0.25) is 0 Å². The summed E-state index contributed by atoms with van der Waals surface area (Å²) in [6, 6.07) is 42.7. The van der Waals surface area contributed by atoms with Gasteiger partial charge in [-0.2, -0.15) is 0 Å². The number of hydrogen-bond acceptors (Lipinski definition) is 0. The van der Waals surface area contributed by atoms with E-state index < -0.39 is 7.26 Å². The van der Waals surface area contributed by atoms with Gasteiger partial charge in [-0.25, -0.2) is 0 Å². The zero-order valence-electron chi connectivity index (χ0n) is 17.1. The van der Waals surface area contributed by atoms with E-state index in [9.17, 15) is 0 Å². The molecule has 0 nitrogen and oxygen atoms in total. The van der Waals surface area contributed by atoms with Crippen molar-refractivity contribution in [2.75, 3.05) is 0 Å². The first kappa shape index (κ1) is 19.6. The molecule has 0 N–H and O–H groups in total. The number of hydrogen-bond donors (Lipinski definition) is 0. The topological polar surface area (TPSA) is 0 Å². The Morgan fingerprint density at radius 3 is 1.38 bits per heavy atom. The summed E-state index contributed by atoms with van der Waals surface area (Å²) < 4.78 is 0. The molecule has 146 valence electrons. The van der Waals surface area contributed by atoms with Crippen LogP contribution in [0.3, 0.4) is 0 Å². The summed E-state index contributed by atoms with van der Waals surface area (Å²) in [6.45, 7) is 2.28. The fourth-order valence-corrected chi connectivity index (χ4v) is 9.55. The average molecular weight is 397 g/mol. The zero-order valence-corrected chi connectivity index (χ0v) is 18.1. The second-order valence-electron chi connectivity index (χ2n) is 7.61. The van der Waals surface area contributed by atoms with Gasteiger partial charge in [0.15, 0.2) is 0 Å². The SMILES string of the molecule is CCCCc1ccccc1[PH](c1ccccc1)(c1ccccc1)c1ccccc1. The first-order chi connectivity index (χ1) is 14.4. The summed E-state index contributed by atoms with van der Waals surface area (Å²) in [5.74, 6) is 0. The summed E-state index contributed by atoms with van der Waals surface area (Å²) in [5, 5.41) is 5.86. The van der Waals surface area contributed by atoms with E-state index in [0.29, 0.717) is 0 Å². The van der Waals surface area contributed by atoms with Crippen LogP contribution in [0.25, 0.3) is 0 Å². The van der Waals surface area contributed by atoms with Crippen LogP contribution in [0.15, 0.2) is 115 Å². The van der Waals surface area contributed by atoms with E-state index in [2.05, 4.69) is 122 Å². The maximum absolute atomic E-state index is 2.39. The second kappa shape index (κ2) is 9.21. The molecule has 0 radical (unpaired) electrons. The Hall–Kier alpha value is -2.69. The molecule has 0 aliphatic rings. The van der Waals surface area contributed by atoms with E-state index in [-0.39, 0.29) is 0 Å². The summed E-state index contributed by atoms with van der Waals surface area (Å²) in [6.07, 6.45) is 3.57. The minimum atomic E-state index is -2.39. The third-order valence-electron chi connectivity index (χ3n) is 5.84. The Bertz CT molecular complexity index is 927. The van der Waals surface area contributed by atoms with Gasteiger partial charge in [-0.05, 0) is 0 Å². The van der Waals surface area contributed by atoms with Crippen LogP contribution in [-0.2, 0) is 6.42 Å². The Kier molecular flexibility index (Phi) is 6.23. The third-order valence-corrected chi connectivity index (χ3v) is 10.7. The Balaban J connectivity index is 2.10. The second-order valence-corrected chi connectivity index (χ2v) is 11.4. The summed E-state index contributed by atoms with van der Waals surface area (Å²) >= 11 is 0. The number of rotatable bonds is 7. The van der Waals surface area contributed by atoms with Crippen molar-refractivity contribution in [1.29, 1.82) is 0 Å². The molecule has 0 aliphatic heterocycles. The van der Waals surface area contributed by atoms with Crippen LogP contribution in [0.5, 0.6) is 0 Å². The van der Waals surface area contributed by atoms with Crippen molar-refractivity contribution in [2.45, 2.75) is 26.2 Å². The molecule has 0 aromatic heterocycles. The molecule has 0 spiro atoms. The van der Waals surface area contributed by atoms with Crippen LogP contribution in [0, 0.1) is 0 Å². The van der Waals surface area contributed by atoms with Gasteiger partial charge in [-0.3, -0.25) is 0 Å². The number of benzene rings is 4. The molecule has 0 saturated carbocycles. The predicted molar refractivity (Wildman–Crippen MR) is 131 cm³/mol. The molecule has 0 bridgehead atoms. The van der Waals surface area contributed by atoms with Gasteiger partial charge in [0, 0.05) is 0 Å². The first-order valence-corrected chi connectivity index (χ1v) is 12.6. The van der Waals surface area contributed by atoms with E-state index in [1.54, 1.807) is 0 Å². The molecule has 0 saturated heterocycles. The summed E-state index contributed by atoms with van der Waals surface area (Å²) in [7, 11) is -2.39. The molecular formula is C28H29P. The fraction of sp³-hybridized carbons (Fsp3) is 0.143. The molecule has 0 heterocycles. The molecule has 0 fully saturated rings. The normalized spacial score (nSPS) is 11.9. The van der Waals surface area contributed by atoms with Crippen molar-refractivity contribution >= 4 is 28.5 Å². The molecular weight excluding hydrogens is 367 g/mol. The molecule has 4 aromatic rings. The van der Waals surface area contributed by atoms with Crippen LogP contribution < -0.4 is 21.2 Å². The van der Waals surface area contributed by atoms with Gasteiger partial charge in [0.1, 0.15) is 0 Å². The summed E-state index contributed by atoms with van der Waals surface area (Å²) in [4.78, 5) is 0. The Morgan fingerprint density at radius 1 is 0.517 bits per heavy atom. The molecule has 0 unspecified atom stereocenters. The third kappa shape index (κ3) is 3.78. The predicted octanol–water partition coefficient (Wildman–Crippen LogP) is 5.38. The molecule has 0 aliphatic carbocycles. The van der Waals surface area contributed by atoms with E-state index in [1.807, 2.05) is 0 Å². The minimum absolute atomic E-state index is 1.13. The van der Waals surface area contributed by atoms with Gasteiger partial charge >= 0.3 is 175 Å². The van der Waals surface area contributed by atoms with Crippen LogP contribution in [-0.4, -0.2) is 0 Å². The van der Waals surface area contributed by atoms with E-state index in [4.69, 9.17) is 0 Å². The van der Waals surface area contributed by atoms with Crippen LogP contribution >= 0.6 is 7.26 Å².